The zero-order valence-electron chi connectivity index (χ0n) is 14.8. The minimum atomic E-state index is -4.75. The first-order valence-corrected chi connectivity index (χ1v) is 9.22. The molecule has 3 rings (SSSR count). The van der Waals surface area contributed by atoms with Gasteiger partial charge >= 0.3 is 12.1 Å². The molecule has 0 amide bonds. The predicted molar refractivity (Wildman–Crippen MR) is 99.3 cm³/mol. The minimum absolute atomic E-state index is 0.0217. The van der Waals surface area contributed by atoms with Gasteiger partial charge in [0.2, 0.25) is 0 Å². The predicted octanol–water partition coefficient (Wildman–Crippen LogP) is 5.58. The molecule has 146 valence electrons. The second-order valence-electron chi connectivity index (χ2n) is 5.72. The van der Waals surface area contributed by atoms with Crippen molar-refractivity contribution in [3.63, 3.8) is 0 Å². The molecule has 0 aliphatic heterocycles. The number of rotatable bonds is 6. The molecule has 0 atom stereocenters. The number of halogens is 3. The summed E-state index contributed by atoms with van der Waals surface area (Å²) < 4.78 is 50.3. The van der Waals surface area contributed by atoms with E-state index < -0.39 is 22.7 Å². The van der Waals surface area contributed by atoms with Crippen LogP contribution in [0.1, 0.15) is 27.9 Å². The number of carbonyl (C=O) groups is 1. The topological polar surface area (TPSA) is 48.4 Å². The van der Waals surface area contributed by atoms with Crippen LogP contribution in [0, 0.1) is 0 Å². The van der Waals surface area contributed by atoms with Gasteiger partial charge < -0.3 is 9.47 Å². The molecule has 0 N–H and O–H groups in total. The highest BCUT2D eigenvalue weighted by Gasteiger charge is 2.40. The highest BCUT2D eigenvalue weighted by molar-refractivity contribution is 7.17. The molecule has 1 aromatic heterocycles. The molecular weight excluding hydrogens is 391 g/mol. The highest BCUT2D eigenvalue weighted by Crippen LogP contribution is 2.38. The number of aromatic nitrogens is 1. The van der Waals surface area contributed by atoms with E-state index in [1.54, 1.807) is 24.3 Å². The van der Waals surface area contributed by atoms with Gasteiger partial charge in [0.1, 0.15) is 22.2 Å². The Hall–Kier alpha value is -2.87. The molecule has 0 unspecified atom stereocenters. The van der Waals surface area contributed by atoms with Gasteiger partial charge in [-0.25, -0.2) is 9.78 Å². The van der Waals surface area contributed by atoms with E-state index in [9.17, 15) is 18.0 Å². The summed E-state index contributed by atoms with van der Waals surface area (Å²) in [6.07, 6.45) is -4.75. The third-order valence-corrected chi connectivity index (χ3v) is 4.77. The molecule has 3 aromatic rings. The van der Waals surface area contributed by atoms with Crippen molar-refractivity contribution in [2.45, 2.75) is 19.7 Å². The molecule has 8 heteroatoms. The lowest BCUT2D eigenvalue weighted by molar-refractivity contribution is -0.141. The van der Waals surface area contributed by atoms with Gasteiger partial charge in [-0.3, -0.25) is 0 Å². The molecule has 4 nitrogen and oxygen atoms in total. The zero-order valence-corrected chi connectivity index (χ0v) is 15.6. The molecule has 0 spiro atoms. The number of nitrogens with zero attached hydrogens (tertiary/aromatic N) is 1. The number of carbonyl (C=O) groups excluding carboxylic acids is 1. The molecule has 0 aliphatic carbocycles. The van der Waals surface area contributed by atoms with E-state index in [1.807, 2.05) is 30.3 Å². The van der Waals surface area contributed by atoms with Crippen molar-refractivity contribution in [2.75, 3.05) is 6.61 Å². The summed E-state index contributed by atoms with van der Waals surface area (Å²) in [6.45, 7) is 1.83. The molecule has 1 heterocycles. The lowest BCUT2D eigenvalue weighted by atomic mass is 10.2. The summed E-state index contributed by atoms with van der Waals surface area (Å²) in [6, 6.07) is 16.1. The van der Waals surface area contributed by atoms with Gasteiger partial charge in [-0.15, -0.1) is 11.3 Å². The van der Waals surface area contributed by atoms with Gasteiger partial charge in [0, 0.05) is 5.56 Å². The number of hydrogen-bond acceptors (Lipinski definition) is 5. The van der Waals surface area contributed by atoms with Crippen LogP contribution in [0.15, 0.2) is 54.6 Å². The quantitative estimate of drug-likeness (QED) is 0.500. The summed E-state index contributed by atoms with van der Waals surface area (Å²) in [7, 11) is 0. The van der Waals surface area contributed by atoms with E-state index in [1.165, 1.54) is 6.92 Å². The van der Waals surface area contributed by atoms with Crippen molar-refractivity contribution in [2.24, 2.45) is 0 Å². The van der Waals surface area contributed by atoms with E-state index in [2.05, 4.69) is 4.98 Å². The van der Waals surface area contributed by atoms with Gasteiger partial charge in [0.15, 0.2) is 5.69 Å². The maximum atomic E-state index is 13.3. The van der Waals surface area contributed by atoms with Crippen molar-refractivity contribution in [1.82, 2.24) is 4.98 Å². The molecule has 0 aliphatic rings. The van der Waals surface area contributed by atoms with Crippen LogP contribution >= 0.6 is 11.3 Å². The average molecular weight is 407 g/mol. The fraction of sp³-hybridized carbons (Fsp3) is 0.200. The van der Waals surface area contributed by atoms with Crippen molar-refractivity contribution < 1.29 is 27.4 Å². The van der Waals surface area contributed by atoms with Crippen LogP contribution in [0.2, 0.25) is 0 Å². The first kappa shape index (κ1) is 19.9. The Kier molecular flexibility index (Phi) is 5.99. The fourth-order valence-electron chi connectivity index (χ4n) is 2.43. The summed E-state index contributed by atoms with van der Waals surface area (Å²) in [5.74, 6) is -0.544. The summed E-state index contributed by atoms with van der Waals surface area (Å²) in [5.41, 5.74) is 0.157. The number of ether oxygens (including phenoxy) is 2. The van der Waals surface area contributed by atoms with Gasteiger partial charge in [-0.1, -0.05) is 42.5 Å². The Morgan fingerprint density at radius 3 is 2.54 bits per heavy atom. The number of thiazole rings is 1. The maximum absolute atomic E-state index is 13.3. The van der Waals surface area contributed by atoms with E-state index in [4.69, 9.17) is 9.47 Å². The third kappa shape index (κ3) is 4.69. The molecular formula is C20H16F3NO3S. The molecule has 28 heavy (non-hydrogen) atoms. The second-order valence-corrected chi connectivity index (χ2v) is 6.72. The number of alkyl halides is 3. The van der Waals surface area contributed by atoms with Crippen LogP contribution in [0.25, 0.3) is 10.6 Å². The largest absolute Gasteiger partial charge is 0.489 e. The number of esters is 1. The monoisotopic (exact) mass is 407 g/mol. The smallest absolute Gasteiger partial charge is 0.435 e. The van der Waals surface area contributed by atoms with Gasteiger partial charge in [0.05, 0.1) is 6.61 Å². The van der Waals surface area contributed by atoms with Gasteiger partial charge in [-0.05, 0) is 24.6 Å². The Morgan fingerprint density at radius 1 is 1.11 bits per heavy atom. The molecule has 2 aromatic carbocycles. The van der Waals surface area contributed by atoms with Crippen molar-refractivity contribution in [3.8, 4) is 16.3 Å². The Morgan fingerprint density at radius 2 is 1.86 bits per heavy atom. The lowest BCUT2D eigenvalue weighted by Crippen LogP contribution is -2.13. The lowest BCUT2D eigenvalue weighted by Gasteiger charge is -2.07. The van der Waals surface area contributed by atoms with Crippen LogP contribution in [-0.4, -0.2) is 17.6 Å². The molecule has 0 fully saturated rings. The Bertz CT molecular complexity index is 955. The van der Waals surface area contributed by atoms with E-state index in [0.29, 0.717) is 29.3 Å². The standard InChI is InChI=1S/C20H16F3NO3S/c1-2-26-19(25)16-17(20(21,22)23)24-18(28-16)14-9-6-10-15(11-14)27-12-13-7-4-3-5-8-13/h3-11H,2,12H2,1H3. The second kappa shape index (κ2) is 8.43. The van der Waals surface area contributed by atoms with Crippen LogP contribution in [0.3, 0.4) is 0 Å². The average Bonchev–Trinajstić information content (AvgIpc) is 3.14. The van der Waals surface area contributed by atoms with Crippen molar-refractivity contribution >= 4 is 17.3 Å². The van der Waals surface area contributed by atoms with Crippen LogP contribution in [0.5, 0.6) is 5.75 Å². The van der Waals surface area contributed by atoms with Crippen molar-refractivity contribution in [1.29, 1.82) is 0 Å². The minimum Gasteiger partial charge on any atom is -0.489 e. The van der Waals surface area contributed by atoms with Crippen LogP contribution in [0.4, 0.5) is 13.2 Å². The molecule has 0 bridgehead atoms. The van der Waals surface area contributed by atoms with E-state index in [-0.39, 0.29) is 11.6 Å². The first-order valence-electron chi connectivity index (χ1n) is 8.40. The maximum Gasteiger partial charge on any atom is 0.435 e. The molecule has 0 saturated carbocycles. The van der Waals surface area contributed by atoms with Crippen molar-refractivity contribution in [3.05, 3.63) is 70.7 Å². The number of benzene rings is 2. The fourth-order valence-corrected chi connectivity index (χ4v) is 3.41. The summed E-state index contributed by atoms with van der Waals surface area (Å²) >= 11 is 0.649. The Balaban J connectivity index is 1.88. The van der Waals surface area contributed by atoms with Gasteiger partial charge in [0.25, 0.3) is 0 Å². The summed E-state index contributed by atoms with van der Waals surface area (Å²) in [4.78, 5) is 15.0. The van der Waals surface area contributed by atoms with Crippen LogP contribution in [-0.2, 0) is 17.5 Å². The van der Waals surface area contributed by atoms with Crippen LogP contribution < -0.4 is 4.74 Å². The summed E-state index contributed by atoms with van der Waals surface area (Å²) in [5, 5.41) is 0.0699. The Labute approximate surface area is 163 Å². The highest BCUT2D eigenvalue weighted by atomic mass is 32.1. The zero-order chi connectivity index (χ0) is 20.1. The SMILES string of the molecule is CCOC(=O)c1sc(-c2cccc(OCc3ccccc3)c2)nc1C(F)(F)F. The van der Waals surface area contributed by atoms with Gasteiger partial charge in [-0.2, -0.15) is 13.2 Å². The number of hydrogen-bond donors (Lipinski definition) is 0. The normalized spacial score (nSPS) is 11.3. The first-order chi connectivity index (χ1) is 13.4. The third-order valence-electron chi connectivity index (χ3n) is 3.69. The van der Waals surface area contributed by atoms with E-state index >= 15 is 0 Å². The van der Waals surface area contributed by atoms with E-state index in [0.717, 1.165) is 5.56 Å². The molecule has 0 saturated heterocycles. The molecule has 0 radical (unpaired) electrons.